The van der Waals surface area contributed by atoms with Crippen molar-refractivity contribution in [2.45, 2.75) is 65.2 Å². The number of halogens is 2. The SMILES string of the molecule is CCCCCC(=O)O.CCCCCC(=O)O.[I+].[I+].[Te+2]. The Kier molecular flexibility index (Phi) is 46.7. The molecule has 0 heterocycles. The minimum atomic E-state index is -0.682. The summed E-state index contributed by atoms with van der Waals surface area (Å²) in [5.74, 6) is -1.36. The Morgan fingerprint density at radius 2 is 1.00 bits per heavy atom. The summed E-state index contributed by atoms with van der Waals surface area (Å²) >= 11 is 0. The van der Waals surface area contributed by atoms with E-state index in [4.69, 9.17) is 10.2 Å². The molecule has 0 amide bonds. The molecule has 0 rings (SSSR count). The van der Waals surface area contributed by atoms with Crippen LogP contribution in [0.2, 0.25) is 0 Å². The zero-order valence-electron chi connectivity index (χ0n) is 11.5. The molecule has 0 aromatic carbocycles. The maximum Gasteiger partial charge on any atom is 2.00 e. The molecule has 0 spiro atoms. The van der Waals surface area contributed by atoms with Crippen LogP contribution in [-0.4, -0.2) is 45.8 Å². The summed E-state index contributed by atoms with van der Waals surface area (Å²) in [7, 11) is 0. The van der Waals surface area contributed by atoms with E-state index in [1.54, 1.807) is 0 Å². The number of carboxylic acids is 2. The first-order chi connectivity index (χ1) is 7.54. The number of hydrogen-bond donors (Lipinski definition) is 2. The van der Waals surface area contributed by atoms with Crippen LogP contribution in [-0.2, 0) is 9.59 Å². The summed E-state index contributed by atoms with van der Waals surface area (Å²) in [5.41, 5.74) is 0. The topological polar surface area (TPSA) is 74.6 Å². The van der Waals surface area contributed by atoms with Gasteiger partial charge in [-0.15, -0.1) is 0 Å². The quantitative estimate of drug-likeness (QED) is 0.173. The first-order valence-electron chi connectivity index (χ1n) is 5.98. The maximum absolute atomic E-state index is 9.87. The molecule has 0 aromatic rings. The van der Waals surface area contributed by atoms with Gasteiger partial charge in [0.05, 0.1) is 0 Å². The summed E-state index contributed by atoms with van der Waals surface area (Å²) < 4.78 is 0. The van der Waals surface area contributed by atoms with Gasteiger partial charge in [-0.05, 0) is 12.8 Å². The maximum atomic E-state index is 9.87. The third kappa shape index (κ3) is 45.3. The number of rotatable bonds is 8. The summed E-state index contributed by atoms with van der Waals surface area (Å²) in [6.07, 6.45) is 6.55. The fraction of sp³-hybridized carbons (Fsp3) is 0.833. The molecule has 0 atom stereocenters. The Hall–Kier alpha value is 1.19. The largest absolute Gasteiger partial charge is 2.00 e. The Balaban J connectivity index is -0.0000000594. The van der Waals surface area contributed by atoms with Gasteiger partial charge >= 0.3 is 83.6 Å². The van der Waals surface area contributed by atoms with Gasteiger partial charge in [-0.1, -0.05) is 39.5 Å². The predicted octanol–water partition coefficient (Wildman–Crippen LogP) is -3.07. The van der Waals surface area contributed by atoms with Crippen LogP contribution in [0.25, 0.3) is 0 Å². The van der Waals surface area contributed by atoms with Crippen molar-refractivity contribution in [3.63, 3.8) is 0 Å². The Labute approximate surface area is 167 Å². The smallest absolute Gasteiger partial charge is 0.481 e. The third-order valence-electron chi connectivity index (χ3n) is 1.99. The number of hydrogen-bond acceptors (Lipinski definition) is 2. The molecule has 8 radical (unpaired) electrons. The number of unbranched alkanes of at least 4 members (excludes halogenated alkanes) is 4. The van der Waals surface area contributed by atoms with Crippen LogP contribution in [0.4, 0.5) is 0 Å². The molecule has 0 saturated carbocycles. The van der Waals surface area contributed by atoms with Crippen LogP contribution in [0.15, 0.2) is 0 Å². The minimum absolute atomic E-state index is 0. The second kappa shape index (κ2) is 27.5. The van der Waals surface area contributed by atoms with Crippen LogP contribution in [0.1, 0.15) is 65.2 Å². The van der Waals surface area contributed by atoms with Gasteiger partial charge in [0.2, 0.25) is 0 Å². The van der Waals surface area contributed by atoms with Crippen LogP contribution in [0.5, 0.6) is 0 Å². The van der Waals surface area contributed by atoms with Crippen molar-refractivity contribution in [3.8, 4) is 0 Å². The van der Waals surface area contributed by atoms with Crippen molar-refractivity contribution >= 4 is 35.6 Å². The van der Waals surface area contributed by atoms with Gasteiger partial charge in [-0.2, -0.15) is 0 Å². The molecule has 4 nitrogen and oxygen atoms in total. The Bertz CT molecular complexity index is 173. The summed E-state index contributed by atoms with van der Waals surface area (Å²) in [5, 5.41) is 16.3. The van der Waals surface area contributed by atoms with Gasteiger partial charge in [0.15, 0.2) is 0 Å². The first-order valence-corrected chi connectivity index (χ1v) is 5.98. The summed E-state index contributed by atoms with van der Waals surface area (Å²) in [4.78, 5) is 19.7. The van der Waals surface area contributed by atoms with Crippen molar-refractivity contribution in [1.82, 2.24) is 0 Å². The van der Waals surface area contributed by atoms with Gasteiger partial charge in [0.1, 0.15) is 0 Å². The normalized spacial score (nSPS) is 7.68. The number of aliphatic carboxylic acids is 2. The number of carboxylic acid groups (broad SMARTS) is 2. The van der Waals surface area contributed by atoms with Crippen molar-refractivity contribution < 1.29 is 67.8 Å². The van der Waals surface area contributed by atoms with E-state index in [1.165, 1.54) is 0 Å². The molecule has 19 heavy (non-hydrogen) atoms. The molecule has 7 heteroatoms. The molecule has 0 aromatic heterocycles. The van der Waals surface area contributed by atoms with Crippen LogP contribution < -0.4 is 48.0 Å². The van der Waals surface area contributed by atoms with E-state index >= 15 is 0 Å². The fourth-order valence-electron chi connectivity index (χ4n) is 1.05. The van der Waals surface area contributed by atoms with Crippen molar-refractivity contribution in [1.29, 1.82) is 0 Å². The predicted molar refractivity (Wildman–Crippen MR) is 69.3 cm³/mol. The van der Waals surface area contributed by atoms with Crippen molar-refractivity contribution in [3.05, 3.63) is 0 Å². The minimum Gasteiger partial charge on any atom is -0.481 e. The zero-order valence-corrected chi connectivity index (χ0v) is 18.2. The van der Waals surface area contributed by atoms with E-state index in [0.29, 0.717) is 12.8 Å². The average Bonchev–Trinajstić information content (AvgIpc) is 2.18. The third-order valence-corrected chi connectivity index (χ3v) is 1.99. The van der Waals surface area contributed by atoms with E-state index in [-0.39, 0.29) is 71.6 Å². The van der Waals surface area contributed by atoms with Gasteiger partial charge in [0, 0.05) is 12.8 Å². The molecule has 0 aliphatic heterocycles. The fourth-order valence-corrected chi connectivity index (χ4v) is 1.05. The molecule has 0 fully saturated rings. The average molecular weight is 614 g/mol. The van der Waals surface area contributed by atoms with E-state index in [0.717, 1.165) is 38.5 Å². The van der Waals surface area contributed by atoms with E-state index < -0.39 is 11.9 Å². The van der Waals surface area contributed by atoms with Gasteiger partial charge < -0.3 is 10.2 Å². The number of carbonyl (C=O) groups is 2. The molecule has 2 N–H and O–H groups in total. The second-order valence-electron chi connectivity index (χ2n) is 3.70. The van der Waals surface area contributed by atoms with Gasteiger partial charge in [-0.25, -0.2) is 0 Å². The standard InChI is InChI=1S/2C6H12O2.2I.Te/c2*1-2-3-4-5-6(7)8;;;/h2*2-5H2,1H3,(H,7,8);;;/q;;2*+1;+2. The van der Waals surface area contributed by atoms with Crippen molar-refractivity contribution in [2.24, 2.45) is 0 Å². The molecular weight excluding hydrogens is 590 g/mol. The molecule has 0 aliphatic rings. The van der Waals surface area contributed by atoms with E-state index in [9.17, 15) is 9.59 Å². The molecule has 0 saturated heterocycles. The monoisotopic (exact) mass is 616 g/mol. The summed E-state index contributed by atoms with van der Waals surface area (Å²) in [6.45, 7) is 4.11. The second-order valence-corrected chi connectivity index (χ2v) is 3.70. The van der Waals surface area contributed by atoms with Gasteiger partial charge in [-0.3, -0.25) is 9.59 Å². The Morgan fingerprint density at radius 1 is 0.737 bits per heavy atom. The van der Waals surface area contributed by atoms with Crippen LogP contribution in [0.3, 0.4) is 0 Å². The molecule has 0 aliphatic carbocycles. The zero-order chi connectivity index (χ0) is 12.8. The molecule has 0 unspecified atom stereocenters. The Morgan fingerprint density at radius 3 is 1.16 bits per heavy atom. The van der Waals surface area contributed by atoms with Crippen LogP contribution in [0, 0.1) is 0 Å². The molecule has 112 valence electrons. The van der Waals surface area contributed by atoms with E-state index in [1.807, 2.05) is 0 Å². The summed E-state index contributed by atoms with van der Waals surface area (Å²) in [6, 6.07) is 0. The van der Waals surface area contributed by atoms with Crippen molar-refractivity contribution in [2.75, 3.05) is 0 Å². The van der Waals surface area contributed by atoms with Crippen LogP contribution >= 0.6 is 0 Å². The first kappa shape index (κ1) is 32.2. The molecule has 0 bridgehead atoms. The van der Waals surface area contributed by atoms with E-state index in [2.05, 4.69) is 13.8 Å². The molecular formula is C12H24I2O4Te+4. The van der Waals surface area contributed by atoms with Gasteiger partial charge in [0.25, 0.3) is 0 Å².